The first kappa shape index (κ1) is 16.2. The van der Waals surface area contributed by atoms with Crippen molar-refractivity contribution in [2.75, 3.05) is 12.3 Å². The number of esters is 1. The number of aromatic amines is 1. The minimum Gasteiger partial charge on any atom is -0.462 e. The van der Waals surface area contributed by atoms with Crippen molar-refractivity contribution in [2.45, 2.75) is 13.8 Å². The van der Waals surface area contributed by atoms with E-state index >= 15 is 0 Å². The highest BCUT2D eigenvalue weighted by Gasteiger charge is 2.10. The van der Waals surface area contributed by atoms with Crippen molar-refractivity contribution in [1.82, 2.24) is 9.97 Å². The number of aryl methyl sites for hydroxylation is 1. The third-order valence-electron chi connectivity index (χ3n) is 2.64. The quantitative estimate of drug-likeness (QED) is 0.701. The molecule has 8 heteroatoms. The Balaban J connectivity index is 0.000000160. The number of H-pyrrole nitrogens is 1. The van der Waals surface area contributed by atoms with E-state index in [2.05, 4.69) is 9.97 Å². The summed E-state index contributed by atoms with van der Waals surface area (Å²) in [6, 6.07) is 3.45. The van der Waals surface area contributed by atoms with Crippen molar-refractivity contribution >= 4 is 43.9 Å². The van der Waals surface area contributed by atoms with E-state index in [0.29, 0.717) is 28.4 Å². The van der Waals surface area contributed by atoms with Gasteiger partial charge in [-0.2, -0.15) is 0 Å². The van der Waals surface area contributed by atoms with Crippen LogP contribution in [0.4, 0.5) is 5.00 Å². The maximum atomic E-state index is 11.2. The summed E-state index contributed by atoms with van der Waals surface area (Å²) in [7, 11) is 0. The Morgan fingerprint density at radius 1 is 1.36 bits per heavy atom. The molecule has 3 aromatic heterocycles. The van der Waals surface area contributed by atoms with Crippen LogP contribution in [-0.2, 0) is 4.74 Å². The summed E-state index contributed by atoms with van der Waals surface area (Å²) in [5.74, 6) is 0.330. The number of ether oxygens (including phenoxy) is 1. The number of hydrogen-bond donors (Lipinski definition) is 2. The minimum absolute atomic E-state index is 0.0475. The minimum atomic E-state index is -0.341. The number of thiophene rings is 2. The lowest BCUT2D eigenvalue weighted by atomic mass is 10.3. The number of hydrogen-bond acceptors (Lipinski definition) is 7. The Labute approximate surface area is 134 Å². The number of rotatable bonds is 2. The molecule has 22 heavy (non-hydrogen) atoms. The monoisotopic (exact) mass is 337 g/mol. The lowest BCUT2D eigenvalue weighted by Crippen LogP contribution is -2.07. The van der Waals surface area contributed by atoms with Crippen LogP contribution in [0, 0.1) is 6.92 Å². The molecule has 0 saturated heterocycles. The van der Waals surface area contributed by atoms with Crippen molar-refractivity contribution in [3.63, 3.8) is 0 Å². The van der Waals surface area contributed by atoms with E-state index in [4.69, 9.17) is 10.5 Å². The molecule has 0 aliphatic heterocycles. The molecule has 0 atom stereocenters. The van der Waals surface area contributed by atoms with E-state index in [-0.39, 0.29) is 11.5 Å². The van der Waals surface area contributed by atoms with Crippen LogP contribution in [0.1, 0.15) is 23.1 Å². The second kappa shape index (κ2) is 7.19. The summed E-state index contributed by atoms with van der Waals surface area (Å²) < 4.78 is 4.75. The van der Waals surface area contributed by atoms with Gasteiger partial charge >= 0.3 is 5.97 Å². The maximum Gasteiger partial charge on any atom is 0.341 e. The number of nitrogens with zero attached hydrogens (tertiary/aromatic N) is 1. The summed E-state index contributed by atoms with van der Waals surface area (Å²) in [5.41, 5.74) is 5.91. The van der Waals surface area contributed by atoms with Crippen LogP contribution in [0.15, 0.2) is 27.7 Å². The van der Waals surface area contributed by atoms with Crippen LogP contribution in [0.25, 0.3) is 10.2 Å². The summed E-state index contributed by atoms with van der Waals surface area (Å²) in [4.78, 5) is 29.8. The van der Waals surface area contributed by atoms with E-state index in [1.54, 1.807) is 31.4 Å². The van der Waals surface area contributed by atoms with Gasteiger partial charge in [0.05, 0.1) is 17.6 Å². The molecule has 0 aliphatic rings. The zero-order chi connectivity index (χ0) is 16.1. The Hall–Kier alpha value is -2.19. The van der Waals surface area contributed by atoms with Gasteiger partial charge in [0.1, 0.15) is 15.7 Å². The van der Waals surface area contributed by atoms with E-state index < -0.39 is 0 Å². The lowest BCUT2D eigenvalue weighted by molar-refractivity contribution is 0.0528. The average molecular weight is 337 g/mol. The second-order valence-corrected chi connectivity index (χ2v) is 6.05. The lowest BCUT2D eigenvalue weighted by Gasteiger charge is -1.98. The van der Waals surface area contributed by atoms with Crippen molar-refractivity contribution in [3.8, 4) is 0 Å². The number of nitrogens with one attached hydrogen (secondary N) is 1. The summed E-state index contributed by atoms with van der Waals surface area (Å²) in [6.45, 7) is 3.93. The molecule has 0 aliphatic carbocycles. The number of aromatic nitrogens is 2. The van der Waals surface area contributed by atoms with Crippen molar-refractivity contribution in [1.29, 1.82) is 0 Å². The van der Waals surface area contributed by atoms with Gasteiger partial charge in [0.25, 0.3) is 5.56 Å². The molecule has 0 amide bonds. The molecule has 6 nitrogen and oxygen atoms in total. The van der Waals surface area contributed by atoms with Gasteiger partial charge in [-0.15, -0.1) is 22.7 Å². The molecule has 0 radical (unpaired) electrons. The van der Waals surface area contributed by atoms with Crippen LogP contribution in [0.3, 0.4) is 0 Å². The topological polar surface area (TPSA) is 98.1 Å². The fourth-order valence-corrected chi connectivity index (χ4v) is 3.11. The zero-order valence-electron chi connectivity index (χ0n) is 12.1. The number of fused-ring (bicyclic) bond motifs is 1. The molecule has 116 valence electrons. The van der Waals surface area contributed by atoms with Crippen molar-refractivity contribution in [3.05, 3.63) is 44.6 Å². The summed E-state index contributed by atoms with van der Waals surface area (Å²) in [6.07, 6.45) is 0. The highest BCUT2D eigenvalue weighted by Crippen LogP contribution is 2.19. The molecule has 0 unspecified atom stereocenters. The Morgan fingerprint density at radius 3 is 2.73 bits per heavy atom. The molecule has 0 spiro atoms. The number of carbonyl (C=O) groups is 1. The summed E-state index contributed by atoms with van der Waals surface area (Å²) in [5, 5.41) is 4.83. The molecule has 0 fully saturated rings. The number of carbonyl (C=O) groups excluding carboxylic acids is 1. The van der Waals surface area contributed by atoms with Crippen LogP contribution in [0.5, 0.6) is 0 Å². The Bertz CT molecular complexity index is 835. The number of nitrogen functional groups attached to an aromatic ring is 1. The first-order valence-corrected chi connectivity index (χ1v) is 8.23. The SMILES string of the molecule is CCOC(=O)c1ccsc1N.Cc1nc2sccc2c(=O)[nH]1. The Morgan fingerprint density at radius 2 is 2.09 bits per heavy atom. The maximum absolute atomic E-state index is 11.2. The third-order valence-corrected chi connectivity index (χ3v) is 4.20. The largest absolute Gasteiger partial charge is 0.462 e. The van der Waals surface area contributed by atoms with E-state index in [0.717, 1.165) is 4.83 Å². The van der Waals surface area contributed by atoms with Crippen LogP contribution < -0.4 is 11.3 Å². The van der Waals surface area contributed by atoms with Gasteiger partial charge < -0.3 is 15.5 Å². The van der Waals surface area contributed by atoms with Crippen LogP contribution >= 0.6 is 22.7 Å². The third kappa shape index (κ3) is 3.71. The predicted octanol–water partition coefficient (Wildman–Crippen LogP) is 2.80. The summed E-state index contributed by atoms with van der Waals surface area (Å²) >= 11 is 2.82. The van der Waals surface area contributed by atoms with Gasteiger partial charge in [0, 0.05) is 0 Å². The molecule has 3 heterocycles. The van der Waals surface area contributed by atoms with Gasteiger partial charge in [-0.25, -0.2) is 9.78 Å². The number of anilines is 1. The second-order valence-electron chi connectivity index (χ2n) is 4.21. The van der Waals surface area contributed by atoms with E-state index in [1.807, 2.05) is 5.38 Å². The molecule has 0 saturated carbocycles. The van der Waals surface area contributed by atoms with E-state index in [1.165, 1.54) is 22.7 Å². The highest BCUT2D eigenvalue weighted by molar-refractivity contribution is 7.16. The van der Waals surface area contributed by atoms with Gasteiger partial charge in [-0.1, -0.05) is 0 Å². The normalized spacial score (nSPS) is 10.1. The Kier molecular flexibility index (Phi) is 5.29. The molecular formula is C14H15N3O3S2. The van der Waals surface area contributed by atoms with Gasteiger partial charge in [0.2, 0.25) is 0 Å². The predicted molar refractivity (Wildman–Crippen MR) is 89.7 cm³/mol. The van der Waals surface area contributed by atoms with Gasteiger partial charge in [-0.05, 0) is 36.7 Å². The van der Waals surface area contributed by atoms with Gasteiger partial charge in [-0.3, -0.25) is 4.79 Å². The van der Waals surface area contributed by atoms with E-state index in [9.17, 15) is 9.59 Å². The standard InChI is InChI=1S/C7H6N2OS.C7H9NO2S/c1-4-8-6(10)5-2-3-11-7(5)9-4;1-2-10-7(9)5-3-4-11-6(5)8/h2-3H,1H3,(H,8,9,10);3-4H,2,8H2,1H3. The number of nitrogens with two attached hydrogens (primary N) is 1. The molecule has 3 N–H and O–H groups in total. The molecule has 3 rings (SSSR count). The van der Waals surface area contributed by atoms with Crippen molar-refractivity contribution < 1.29 is 9.53 Å². The van der Waals surface area contributed by atoms with Gasteiger partial charge in [0.15, 0.2) is 0 Å². The smallest absolute Gasteiger partial charge is 0.341 e. The molecule has 0 bridgehead atoms. The first-order valence-electron chi connectivity index (χ1n) is 6.47. The molecule has 0 aromatic carbocycles. The molecular weight excluding hydrogens is 322 g/mol. The fraction of sp³-hybridized carbons (Fsp3) is 0.214. The first-order chi connectivity index (χ1) is 10.5. The van der Waals surface area contributed by atoms with Crippen molar-refractivity contribution in [2.24, 2.45) is 0 Å². The fourth-order valence-electron chi connectivity index (χ4n) is 1.67. The molecule has 3 aromatic rings. The van der Waals surface area contributed by atoms with Crippen LogP contribution in [0.2, 0.25) is 0 Å². The highest BCUT2D eigenvalue weighted by atomic mass is 32.1. The zero-order valence-corrected chi connectivity index (χ0v) is 13.7. The average Bonchev–Trinajstić information content (AvgIpc) is 3.08. The van der Waals surface area contributed by atoms with Crippen LogP contribution in [-0.4, -0.2) is 22.5 Å².